The van der Waals surface area contributed by atoms with Gasteiger partial charge in [0.05, 0.1) is 11.2 Å². The number of hydrogen-bond donors (Lipinski definition) is 1. The van der Waals surface area contributed by atoms with Crippen molar-refractivity contribution in [2.75, 3.05) is 0 Å². The summed E-state index contributed by atoms with van der Waals surface area (Å²) in [5.74, 6) is 0. The van der Waals surface area contributed by atoms with Crippen LogP contribution in [0, 0.1) is 6.92 Å². The number of nitrogens with zero attached hydrogens (tertiary/aromatic N) is 1. The van der Waals surface area contributed by atoms with Crippen LogP contribution in [0.25, 0.3) is 0 Å². The van der Waals surface area contributed by atoms with Gasteiger partial charge in [0, 0.05) is 22.9 Å². The van der Waals surface area contributed by atoms with Gasteiger partial charge < -0.3 is 5.32 Å². The Kier molecular flexibility index (Phi) is 4.09. The molecule has 0 amide bonds. The largest absolute Gasteiger partial charge is 0.307 e. The summed E-state index contributed by atoms with van der Waals surface area (Å²) in [6, 6.07) is 6.41. The van der Waals surface area contributed by atoms with E-state index in [9.17, 15) is 0 Å². The number of aromatic nitrogens is 1. The first-order valence-corrected chi connectivity index (χ1v) is 6.82. The fraction of sp³-hybridized carbons (Fsp3) is 0.250. The van der Waals surface area contributed by atoms with E-state index < -0.39 is 0 Å². The maximum atomic E-state index is 4.23. The third kappa shape index (κ3) is 3.14. The molecule has 0 aliphatic rings. The van der Waals surface area contributed by atoms with Gasteiger partial charge in [0.1, 0.15) is 0 Å². The lowest BCUT2D eigenvalue weighted by Gasteiger charge is -2.06. The van der Waals surface area contributed by atoms with Gasteiger partial charge in [0.2, 0.25) is 0 Å². The monoisotopic (exact) mass is 296 g/mol. The van der Waals surface area contributed by atoms with Crippen molar-refractivity contribution in [3.05, 3.63) is 50.4 Å². The molecule has 84 valence electrons. The molecule has 0 saturated carbocycles. The van der Waals surface area contributed by atoms with Crippen molar-refractivity contribution in [1.82, 2.24) is 10.3 Å². The summed E-state index contributed by atoms with van der Waals surface area (Å²) in [5.41, 5.74) is 5.52. The molecule has 2 nitrogen and oxygen atoms in total. The second-order valence-corrected chi connectivity index (χ2v) is 5.25. The summed E-state index contributed by atoms with van der Waals surface area (Å²) in [6.45, 7) is 3.78. The van der Waals surface area contributed by atoms with E-state index in [-0.39, 0.29) is 0 Å². The van der Waals surface area contributed by atoms with E-state index >= 15 is 0 Å². The minimum atomic E-state index is 0.823. The normalized spacial score (nSPS) is 10.6. The first-order chi connectivity index (χ1) is 7.75. The van der Waals surface area contributed by atoms with Gasteiger partial charge in [0.15, 0.2) is 0 Å². The number of nitrogens with one attached hydrogen (secondary N) is 1. The average Bonchev–Trinajstić information content (AvgIpc) is 2.74. The molecule has 16 heavy (non-hydrogen) atoms. The first-order valence-electron chi connectivity index (χ1n) is 5.08. The molecule has 1 aromatic carbocycles. The molecule has 0 unspecified atom stereocenters. The highest BCUT2D eigenvalue weighted by Gasteiger charge is 2.00. The third-order valence-electron chi connectivity index (χ3n) is 2.31. The summed E-state index contributed by atoms with van der Waals surface area (Å²) < 4.78 is 1.17. The van der Waals surface area contributed by atoms with E-state index in [0.717, 1.165) is 18.8 Å². The molecule has 4 heteroatoms. The van der Waals surface area contributed by atoms with Crippen molar-refractivity contribution in [2.24, 2.45) is 0 Å². The molecular formula is C12H13BrN2S. The number of halogens is 1. The Morgan fingerprint density at radius 1 is 1.38 bits per heavy atom. The molecule has 0 spiro atoms. The van der Waals surface area contributed by atoms with Gasteiger partial charge in [-0.1, -0.05) is 28.1 Å². The van der Waals surface area contributed by atoms with Gasteiger partial charge >= 0.3 is 0 Å². The topological polar surface area (TPSA) is 24.9 Å². The number of thiazole rings is 1. The smallest absolute Gasteiger partial charge is 0.0795 e. The van der Waals surface area contributed by atoms with E-state index in [1.807, 2.05) is 5.51 Å². The van der Waals surface area contributed by atoms with Crippen LogP contribution < -0.4 is 5.32 Å². The Labute approximate surface area is 108 Å². The zero-order valence-corrected chi connectivity index (χ0v) is 11.4. The highest BCUT2D eigenvalue weighted by molar-refractivity contribution is 9.10. The molecule has 0 saturated heterocycles. The second-order valence-electron chi connectivity index (χ2n) is 3.68. The summed E-state index contributed by atoms with van der Waals surface area (Å²) in [7, 11) is 0. The standard InChI is InChI=1S/C12H13BrN2S/c1-9-2-3-10(12(13)4-9)5-14-6-11-7-16-8-15-11/h2-4,7-8,14H,5-6H2,1H3. The van der Waals surface area contributed by atoms with Crippen molar-refractivity contribution in [1.29, 1.82) is 0 Å². The van der Waals surface area contributed by atoms with Crippen LogP contribution in [0.3, 0.4) is 0 Å². The summed E-state index contributed by atoms with van der Waals surface area (Å²) in [6.07, 6.45) is 0. The average molecular weight is 297 g/mol. The van der Waals surface area contributed by atoms with Crippen LogP contribution in [0.5, 0.6) is 0 Å². The third-order valence-corrected chi connectivity index (χ3v) is 3.69. The predicted octanol–water partition coefficient (Wildman–Crippen LogP) is 3.50. The van der Waals surface area contributed by atoms with Crippen LogP contribution in [0.15, 0.2) is 33.6 Å². The summed E-state index contributed by atoms with van der Waals surface area (Å²) in [4.78, 5) is 4.23. The first kappa shape index (κ1) is 11.8. The zero-order valence-electron chi connectivity index (χ0n) is 9.03. The van der Waals surface area contributed by atoms with E-state index in [0.29, 0.717) is 0 Å². The SMILES string of the molecule is Cc1ccc(CNCc2cscn2)c(Br)c1. The molecule has 1 aromatic heterocycles. The molecule has 0 atom stereocenters. The maximum Gasteiger partial charge on any atom is 0.0795 e. The van der Waals surface area contributed by atoms with Crippen molar-refractivity contribution < 1.29 is 0 Å². The van der Waals surface area contributed by atoms with Gasteiger partial charge in [-0.3, -0.25) is 0 Å². The lowest BCUT2D eigenvalue weighted by molar-refractivity contribution is 0.681. The Morgan fingerprint density at radius 2 is 2.25 bits per heavy atom. The predicted molar refractivity (Wildman–Crippen MR) is 71.5 cm³/mol. The summed E-state index contributed by atoms with van der Waals surface area (Å²) in [5, 5.41) is 5.45. The quantitative estimate of drug-likeness (QED) is 0.934. The lowest BCUT2D eigenvalue weighted by Crippen LogP contribution is -2.13. The molecule has 0 fully saturated rings. The fourth-order valence-corrected chi connectivity index (χ4v) is 2.64. The van der Waals surface area contributed by atoms with Crippen molar-refractivity contribution >= 4 is 27.3 Å². The molecule has 0 bridgehead atoms. The Bertz CT molecular complexity index is 454. The second kappa shape index (κ2) is 5.57. The van der Waals surface area contributed by atoms with Crippen molar-refractivity contribution in [2.45, 2.75) is 20.0 Å². The number of rotatable bonds is 4. The number of aryl methyl sites for hydroxylation is 1. The molecule has 0 radical (unpaired) electrons. The van der Waals surface area contributed by atoms with Crippen LogP contribution in [0.2, 0.25) is 0 Å². The molecule has 1 N–H and O–H groups in total. The molecular weight excluding hydrogens is 284 g/mol. The van der Waals surface area contributed by atoms with Crippen LogP contribution in [0.1, 0.15) is 16.8 Å². The Balaban J connectivity index is 1.90. The minimum Gasteiger partial charge on any atom is -0.307 e. The molecule has 0 aliphatic carbocycles. The highest BCUT2D eigenvalue weighted by Crippen LogP contribution is 2.18. The van der Waals surface area contributed by atoms with Gasteiger partial charge in [-0.25, -0.2) is 4.98 Å². The van der Waals surface area contributed by atoms with Gasteiger partial charge in [-0.15, -0.1) is 11.3 Å². The van der Waals surface area contributed by atoms with Gasteiger partial charge in [-0.2, -0.15) is 0 Å². The number of hydrogen-bond acceptors (Lipinski definition) is 3. The molecule has 1 heterocycles. The Morgan fingerprint density at radius 3 is 2.94 bits per heavy atom. The van der Waals surface area contributed by atoms with Crippen LogP contribution in [-0.4, -0.2) is 4.98 Å². The van der Waals surface area contributed by atoms with Gasteiger partial charge in [0.25, 0.3) is 0 Å². The van der Waals surface area contributed by atoms with Crippen molar-refractivity contribution in [3.63, 3.8) is 0 Å². The minimum absolute atomic E-state index is 0.823. The van der Waals surface area contributed by atoms with E-state index in [2.05, 4.69) is 56.7 Å². The fourth-order valence-electron chi connectivity index (χ4n) is 1.45. The van der Waals surface area contributed by atoms with Gasteiger partial charge in [-0.05, 0) is 24.1 Å². The van der Waals surface area contributed by atoms with E-state index in [1.165, 1.54) is 15.6 Å². The highest BCUT2D eigenvalue weighted by atomic mass is 79.9. The van der Waals surface area contributed by atoms with Crippen LogP contribution in [-0.2, 0) is 13.1 Å². The van der Waals surface area contributed by atoms with E-state index in [1.54, 1.807) is 11.3 Å². The van der Waals surface area contributed by atoms with Crippen molar-refractivity contribution in [3.8, 4) is 0 Å². The van der Waals surface area contributed by atoms with Crippen LogP contribution in [0.4, 0.5) is 0 Å². The van der Waals surface area contributed by atoms with Crippen LogP contribution >= 0.6 is 27.3 Å². The molecule has 2 rings (SSSR count). The Hall–Kier alpha value is -0.710. The molecule has 0 aliphatic heterocycles. The number of benzene rings is 1. The lowest BCUT2D eigenvalue weighted by atomic mass is 10.1. The molecule has 2 aromatic rings. The zero-order chi connectivity index (χ0) is 11.4. The summed E-state index contributed by atoms with van der Waals surface area (Å²) >= 11 is 5.20. The maximum absolute atomic E-state index is 4.23. The van der Waals surface area contributed by atoms with E-state index in [4.69, 9.17) is 0 Å².